The molecule has 0 atom stereocenters. The van der Waals surface area contributed by atoms with Crippen molar-refractivity contribution in [3.05, 3.63) is 59.7 Å². The average Bonchev–Trinajstić information content (AvgIpc) is 2.69. The minimum atomic E-state index is 0.601. The fourth-order valence-electron chi connectivity index (χ4n) is 2.81. The SMILES string of the molecule is NCc1cccc(N2CCCCc3ccccc32)c1. The maximum absolute atomic E-state index is 5.76. The first-order valence-corrected chi connectivity index (χ1v) is 7.03. The van der Waals surface area contributed by atoms with Gasteiger partial charge in [-0.3, -0.25) is 0 Å². The van der Waals surface area contributed by atoms with Crippen LogP contribution >= 0.6 is 0 Å². The Labute approximate surface area is 114 Å². The molecule has 0 spiro atoms. The monoisotopic (exact) mass is 252 g/mol. The molecule has 0 aliphatic carbocycles. The van der Waals surface area contributed by atoms with Gasteiger partial charge in [-0.05, 0) is 48.6 Å². The number of fused-ring (bicyclic) bond motifs is 1. The van der Waals surface area contributed by atoms with E-state index < -0.39 is 0 Å². The van der Waals surface area contributed by atoms with Gasteiger partial charge in [0.25, 0.3) is 0 Å². The predicted octanol–water partition coefficient (Wildman–Crippen LogP) is 3.62. The molecule has 2 aromatic rings. The van der Waals surface area contributed by atoms with Crippen LogP contribution in [-0.2, 0) is 13.0 Å². The van der Waals surface area contributed by atoms with Crippen molar-refractivity contribution in [2.75, 3.05) is 11.4 Å². The predicted molar refractivity (Wildman–Crippen MR) is 80.7 cm³/mol. The van der Waals surface area contributed by atoms with Gasteiger partial charge < -0.3 is 10.6 Å². The van der Waals surface area contributed by atoms with Crippen LogP contribution in [0.3, 0.4) is 0 Å². The Morgan fingerprint density at radius 1 is 1.00 bits per heavy atom. The van der Waals surface area contributed by atoms with Gasteiger partial charge in [0.05, 0.1) is 0 Å². The van der Waals surface area contributed by atoms with Crippen molar-refractivity contribution in [3.63, 3.8) is 0 Å². The van der Waals surface area contributed by atoms with Gasteiger partial charge in [-0.25, -0.2) is 0 Å². The third-order valence-electron chi connectivity index (χ3n) is 3.82. The molecule has 0 saturated carbocycles. The Balaban J connectivity index is 2.03. The van der Waals surface area contributed by atoms with Crippen molar-refractivity contribution in [2.45, 2.75) is 25.8 Å². The molecule has 0 unspecified atom stereocenters. The van der Waals surface area contributed by atoms with Crippen molar-refractivity contribution >= 4 is 11.4 Å². The van der Waals surface area contributed by atoms with E-state index in [1.54, 1.807) is 0 Å². The summed E-state index contributed by atoms with van der Waals surface area (Å²) in [5, 5.41) is 0. The number of benzene rings is 2. The summed E-state index contributed by atoms with van der Waals surface area (Å²) in [7, 11) is 0. The average molecular weight is 252 g/mol. The summed E-state index contributed by atoms with van der Waals surface area (Å²) >= 11 is 0. The fraction of sp³-hybridized carbons (Fsp3) is 0.294. The number of nitrogens with two attached hydrogens (primary N) is 1. The van der Waals surface area contributed by atoms with Crippen LogP contribution in [0.25, 0.3) is 0 Å². The van der Waals surface area contributed by atoms with Gasteiger partial charge in [-0.1, -0.05) is 30.3 Å². The second kappa shape index (κ2) is 5.45. The van der Waals surface area contributed by atoms with E-state index in [0.29, 0.717) is 6.54 Å². The van der Waals surface area contributed by atoms with Gasteiger partial charge in [0, 0.05) is 24.5 Å². The van der Waals surface area contributed by atoms with Gasteiger partial charge in [0.1, 0.15) is 0 Å². The van der Waals surface area contributed by atoms with E-state index in [4.69, 9.17) is 5.73 Å². The second-order valence-electron chi connectivity index (χ2n) is 5.11. The highest BCUT2D eigenvalue weighted by atomic mass is 15.1. The van der Waals surface area contributed by atoms with Crippen molar-refractivity contribution in [2.24, 2.45) is 5.73 Å². The van der Waals surface area contributed by atoms with Crippen LogP contribution < -0.4 is 10.6 Å². The van der Waals surface area contributed by atoms with E-state index in [2.05, 4.69) is 53.4 Å². The van der Waals surface area contributed by atoms with Crippen molar-refractivity contribution in [3.8, 4) is 0 Å². The van der Waals surface area contributed by atoms with Gasteiger partial charge in [0.2, 0.25) is 0 Å². The summed E-state index contributed by atoms with van der Waals surface area (Å²) in [4.78, 5) is 2.43. The molecular formula is C17H20N2. The summed E-state index contributed by atoms with van der Waals surface area (Å²) in [6, 6.07) is 17.3. The summed E-state index contributed by atoms with van der Waals surface area (Å²) in [6.07, 6.45) is 3.69. The molecule has 98 valence electrons. The van der Waals surface area contributed by atoms with Crippen LogP contribution in [0, 0.1) is 0 Å². The molecule has 2 heteroatoms. The highest BCUT2D eigenvalue weighted by Gasteiger charge is 2.16. The van der Waals surface area contributed by atoms with Gasteiger partial charge in [-0.15, -0.1) is 0 Å². The molecule has 0 bridgehead atoms. The number of nitrogens with zero attached hydrogens (tertiary/aromatic N) is 1. The second-order valence-corrected chi connectivity index (χ2v) is 5.11. The van der Waals surface area contributed by atoms with Crippen LogP contribution in [0.1, 0.15) is 24.0 Å². The van der Waals surface area contributed by atoms with E-state index in [0.717, 1.165) is 6.54 Å². The van der Waals surface area contributed by atoms with Gasteiger partial charge in [0.15, 0.2) is 0 Å². The molecular weight excluding hydrogens is 232 g/mol. The maximum atomic E-state index is 5.76. The van der Waals surface area contributed by atoms with E-state index in [1.807, 2.05) is 0 Å². The molecule has 0 amide bonds. The zero-order valence-electron chi connectivity index (χ0n) is 11.2. The summed E-state index contributed by atoms with van der Waals surface area (Å²) in [5.74, 6) is 0. The Hall–Kier alpha value is -1.80. The first kappa shape index (κ1) is 12.2. The summed E-state index contributed by atoms with van der Waals surface area (Å²) < 4.78 is 0. The lowest BCUT2D eigenvalue weighted by Crippen LogP contribution is -2.18. The van der Waals surface area contributed by atoms with Crippen molar-refractivity contribution in [1.82, 2.24) is 0 Å². The normalized spacial score (nSPS) is 14.9. The number of anilines is 2. The zero-order valence-corrected chi connectivity index (χ0v) is 11.2. The molecule has 3 rings (SSSR count). The molecule has 2 N–H and O–H groups in total. The summed E-state index contributed by atoms with van der Waals surface area (Å²) in [5.41, 5.74) is 11.0. The molecule has 2 aromatic carbocycles. The Bertz CT molecular complexity index is 563. The Morgan fingerprint density at radius 2 is 1.89 bits per heavy atom. The quantitative estimate of drug-likeness (QED) is 0.884. The Morgan fingerprint density at radius 3 is 2.79 bits per heavy atom. The van der Waals surface area contributed by atoms with Crippen LogP contribution in [-0.4, -0.2) is 6.54 Å². The third-order valence-corrected chi connectivity index (χ3v) is 3.82. The lowest BCUT2D eigenvalue weighted by atomic mass is 10.1. The largest absolute Gasteiger partial charge is 0.341 e. The standard InChI is InChI=1S/C17H20N2/c18-13-14-6-5-9-16(12-14)19-11-4-3-8-15-7-1-2-10-17(15)19/h1-2,5-7,9-10,12H,3-4,8,11,13,18H2. The first-order chi connectivity index (χ1) is 9.38. The lowest BCUT2D eigenvalue weighted by Gasteiger charge is -2.25. The van der Waals surface area contributed by atoms with E-state index in [9.17, 15) is 0 Å². The lowest BCUT2D eigenvalue weighted by molar-refractivity contribution is 0.761. The smallest absolute Gasteiger partial charge is 0.0443 e. The van der Waals surface area contributed by atoms with Crippen LogP contribution in [0.2, 0.25) is 0 Å². The third kappa shape index (κ3) is 2.49. The molecule has 19 heavy (non-hydrogen) atoms. The number of aryl methyl sites for hydroxylation is 1. The number of rotatable bonds is 2. The number of para-hydroxylation sites is 1. The number of hydrogen-bond donors (Lipinski definition) is 1. The van der Waals surface area contributed by atoms with E-state index in [1.165, 1.54) is 41.8 Å². The van der Waals surface area contributed by atoms with Crippen LogP contribution in [0.5, 0.6) is 0 Å². The van der Waals surface area contributed by atoms with Crippen molar-refractivity contribution in [1.29, 1.82) is 0 Å². The molecule has 2 nitrogen and oxygen atoms in total. The topological polar surface area (TPSA) is 29.3 Å². The molecule has 1 aliphatic heterocycles. The minimum absolute atomic E-state index is 0.601. The van der Waals surface area contributed by atoms with Gasteiger partial charge >= 0.3 is 0 Å². The van der Waals surface area contributed by atoms with Crippen molar-refractivity contribution < 1.29 is 0 Å². The fourth-order valence-corrected chi connectivity index (χ4v) is 2.81. The maximum Gasteiger partial charge on any atom is 0.0443 e. The highest BCUT2D eigenvalue weighted by molar-refractivity contribution is 5.67. The van der Waals surface area contributed by atoms with Crippen LogP contribution in [0.15, 0.2) is 48.5 Å². The molecule has 0 fully saturated rings. The Kier molecular flexibility index (Phi) is 3.51. The van der Waals surface area contributed by atoms with E-state index >= 15 is 0 Å². The minimum Gasteiger partial charge on any atom is -0.341 e. The molecule has 1 heterocycles. The van der Waals surface area contributed by atoms with Crippen LogP contribution in [0.4, 0.5) is 11.4 Å². The summed E-state index contributed by atoms with van der Waals surface area (Å²) in [6.45, 7) is 1.69. The molecule has 0 aromatic heterocycles. The molecule has 0 radical (unpaired) electrons. The highest BCUT2D eigenvalue weighted by Crippen LogP contribution is 2.32. The zero-order chi connectivity index (χ0) is 13.1. The van der Waals surface area contributed by atoms with Gasteiger partial charge in [-0.2, -0.15) is 0 Å². The molecule has 0 saturated heterocycles. The molecule has 1 aliphatic rings. The first-order valence-electron chi connectivity index (χ1n) is 7.03. The number of hydrogen-bond acceptors (Lipinski definition) is 2. The van der Waals surface area contributed by atoms with E-state index in [-0.39, 0.29) is 0 Å².